The van der Waals surface area contributed by atoms with Gasteiger partial charge in [0.15, 0.2) is 0 Å². The fourth-order valence-electron chi connectivity index (χ4n) is 3.70. The zero-order valence-corrected chi connectivity index (χ0v) is 14.0. The van der Waals surface area contributed by atoms with E-state index in [-0.39, 0.29) is 11.9 Å². The molecule has 0 radical (unpaired) electrons. The van der Waals surface area contributed by atoms with Crippen LogP contribution in [0.2, 0.25) is 0 Å². The number of halogens is 1. The van der Waals surface area contributed by atoms with E-state index in [0.29, 0.717) is 12.3 Å². The fourth-order valence-corrected chi connectivity index (χ4v) is 3.70. The Kier molecular flexibility index (Phi) is 4.28. The highest BCUT2D eigenvalue weighted by molar-refractivity contribution is 5.34. The van der Waals surface area contributed by atoms with Gasteiger partial charge < -0.3 is 9.67 Å². The molecule has 0 bridgehead atoms. The summed E-state index contributed by atoms with van der Waals surface area (Å²) in [6.07, 6.45) is 3.14. The van der Waals surface area contributed by atoms with Gasteiger partial charge in [-0.2, -0.15) is 0 Å². The topological polar surface area (TPSA) is 28.4 Å². The monoisotopic (exact) mass is 336 g/mol. The van der Waals surface area contributed by atoms with Crippen molar-refractivity contribution in [3.8, 4) is 5.75 Å². The molecular formula is C21H21FN2O. The van der Waals surface area contributed by atoms with Gasteiger partial charge in [-0.3, -0.25) is 4.90 Å². The summed E-state index contributed by atoms with van der Waals surface area (Å²) in [7, 11) is 0. The van der Waals surface area contributed by atoms with Gasteiger partial charge in [-0.15, -0.1) is 0 Å². The highest BCUT2D eigenvalue weighted by atomic mass is 19.1. The standard InChI is InChI=1S/C21H21FN2O/c22-18-10-8-16(9-11-18)21-19-6-3-12-23(19)13-4-14-24(21)15-17-5-1-2-7-20(17)25/h1-3,5-12,21,25H,4,13-15H2/t21-/m0/s1. The molecule has 2 heterocycles. The van der Waals surface area contributed by atoms with E-state index in [1.807, 2.05) is 30.3 Å². The number of hydrogen-bond acceptors (Lipinski definition) is 2. The summed E-state index contributed by atoms with van der Waals surface area (Å²) in [5, 5.41) is 10.2. The first-order valence-electron chi connectivity index (χ1n) is 8.64. The summed E-state index contributed by atoms with van der Waals surface area (Å²) in [6, 6.07) is 18.5. The summed E-state index contributed by atoms with van der Waals surface area (Å²) < 4.78 is 15.7. The zero-order chi connectivity index (χ0) is 17.2. The molecule has 0 amide bonds. The number of aromatic hydroxyl groups is 1. The predicted octanol–water partition coefficient (Wildman–Crippen LogP) is 4.33. The lowest BCUT2D eigenvalue weighted by Gasteiger charge is -2.31. The molecule has 1 N–H and O–H groups in total. The van der Waals surface area contributed by atoms with Crippen molar-refractivity contribution in [2.24, 2.45) is 0 Å². The summed E-state index contributed by atoms with van der Waals surface area (Å²) in [6.45, 7) is 2.54. The lowest BCUT2D eigenvalue weighted by atomic mass is 10.0. The zero-order valence-electron chi connectivity index (χ0n) is 14.0. The molecule has 25 heavy (non-hydrogen) atoms. The minimum absolute atomic E-state index is 0.0395. The molecule has 0 unspecified atom stereocenters. The molecule has 0 saturated carbocycles. The van der Waals surface area contributed by atoms with E-state index in [1.165, 1.54) is 17.8 Å². The number of aromatic nitrogens is 1. The Morgan fingerprint density at radius 3 is 2.56 bits per heavy atom. The van der Waals surface area contributed by atoms with Gasteiger partial charge >= 0.3 is 0 Å². The second-order valence-corrected chi connectivity index (χ2v) is 6.53. The molecule has 0 spiro atoms. The Morgan fingerprint density at radius 2 is 1.76 bits per heavy atom. The van der Waals surface area contributed by atoms with E-state index >= 15 is 0 Å². The van der Waals surface area contributed by atoms with Crippen molar-refractivity contribution in [3.63, 3.8) is 0 Å². The number of fused-ring (bicyclic) bond motifs is 1. The van der Waals surface area contributed by atoms with Crippen molar-refractivity contribution in [2.75, 3.05) is 6.54 Å². The van der Waals surface area contributed by atoms with Gasteiger partial charge in [-0.25, -0.2) is 4.39 Å². The Labute approximate surface area is 147 Å². The van der Waals surface area contributed by atoms with Crippen molar-refractivity contribution in [1.82, 2.24) is 9.47 Å². The van der Waals surface area contributed by atoms with Crippen LogP contribution < -0.4 is 0 Å². The summed E-state index contributed by atoms with van der Waals surface area (Å²) in [4.78, 5) is 2.36. The maximum Gasteiger partial charge on any atom is 0.123 e. The minimum atomic E-state index is -0.222. The van der Waals surface area contributed by atoms with E-state index in [1.54, 1.807) is 6.07 Å². The third-order valence-electron chi connectivity index (χ3n) is 4.91. The number of phenols is 1. The van der Waals surface area contributed by atoms with Crippen LogP contribution in [0.1, 0.15) is 29.3 Å². The first kappa shape index (κ1) is 15.9. The molecule has 0 aliphatic carbocycles. The van der Waals surface area contributed by atoms with Crippen LogP contribution in [0, 0.1) is 5.82 Å². The maximum absolute atomic E-state index is 13.4. The molecule has 1 atom stereocenters. The molecular weight excluding hydrogens is 315 g/mol. The van der Waals surface area contributed by atoms with Crippen molar-refractivity contribution < 1.29 is 9.50 Å². The lowest BCUT2D eigenvalue weighted by Crippen LogP contribution is -2.29. The lowest BCUT2D eigenvalue weighted by molar-refractivity contribution is 0.217. The number of nitrogens with zero attached hydrogens (tertiary/aromatic N) is 2. The molecule has 2 aromatic carbocycles. The molecule has 4 heteroatoms. The quantitative estimate of drug-likeness (QED) is 0.771. The highest BCUT2D eigenvalue weighted by Crippen LogP contribution is 2.34. The summed E-state index contributed by atoms with van der Waals surface area (Å²) in [5.74, 6) is 0.0972. The van der Waals surface area contributed by atoms with E-state index < -0.39 is 0 Å². The van der Waals surface area contributed by atoms with Crippen LogP contribution in [0.3, 0.4) is 0 Å². The number of rotatable bonds is 3. The molecule has 1 aliphatic rings. The fraction of sp³-hybridized carbons (Fsp3) is 0.238. The van der Waals surface area contributed by atoms with Gasteiger partial charge in [0.1, 0.15) is 11.6 Å². The van der Waals surface area contributed by atoms with Crippen LogP contribution in [0.15, 0.2) is 66.9 Å². The average Bonchev–Trinajstić information content (AvgIpc) is 3.00. The number of aryl methyl sites for hydroxylation is 1. The van der Waals surface area contributed by atoms with Crippen LogP contribution in [0.5, 0.6) is 5.75 Å². The molecule has 1 aliphatic heterocycles. The van der Waals surface area contributed by atoms with Crippen LogP contribution in [-0.2, 0) is 13.1 Å². The van der Waals surface area contributed by atoms with E-state index in [0.717, 1.165) is 30.6 Å². The third kappa shape index (κ3) is 3.17. The van der Waals surface area contributed by atoms with Gasteiger partial charge in [0.25, 0.3) is 0 Å². The highest BCUT2D eigenvalue weighted by Gasteiger charge is 2.27. The van der Waals surface area contributed by atoms with Gasteiger partial charge in [0.05, 0.1) is 6.04 Å². The smallest absolute Gasteiger partial charge is 0.123 e. The second-order valence-electron chi connectivity index (χ2n) is 6.53. The van der Waals surface area contributed by atoms with Crippen LogP contribution in [-0.4, -0.2) is 21.1 Å². The minimum Gasteiger partial charge on any atom is -0.508 e. The summed E-state index contributed by atoms with van der Waals surface area (Å²) in [5.41, 5.74) is 3.19. The van der Waals surface area contributed by atoms with E-state index in [2.05, 4.69) is 27.8 Å². The van der Waals surface area contributed by atoms with Gasteiger partial charge in [-0.1, -0.05) is 30.3 Å². The molecule has 3 nitrogen and oxygen atoms in total. The van der Waals surface area contributed by atoms with Gasteiger partial charge in [0.2, 0.25) is 0 Å². The van der Waals surface area contributed by atoms with Crippen molar-refractivity contribution in [3.05, 3.63) is 89.5 Å². The number of hydrogen-bond donors (Lipinski definition) is 1. The van der Waals surface area contributed by atoms with Crippen molar-refractivity contribution in [2.45, 2.75) is 25.6 Å². The summed E-state index contributed by atoms with van der Waals surface area (Å²) >= 11 is 0. The van der Waals surface area contributed by atoms with Gasteiger partial charge in [0, 0.05) is 37.1 Å². The Morgan fingerprint density at radius 1 is 0.960 bits per heavy atom. The van der Waals surface area contributed by atoms with E-state index in [4.69, 9.17) is 0 Å². The van der Waals surface area contributed by atoms with Crippen LogP contribution in [0.25, 0.3) is 0 Å². The molecule has 0 saturated heterocycles. The van der Waals surface area contributed by atoms with Crippen LogP contribution >= 0.6 is 0 Å². The first-order chi connectivity index (χ1) is 12.2. The van der Waals surface area contributed by atoms with Crippen molar-refractivity contribution >= 4 is 0 Å². The number of benzene rings is 2. The van der Waals surface area contributed by atoms with E-state index in [9.17, 15) is 9.50 Å². The average molecular weight is 336 g/mol. The Hall–Kier alpha value is -2.59. The Balaban J connectivity index is 1.75. The molecule has 3 aromatic rings. The molecule has 128 valence electrons. The third-order valence-corrected chi connectivity index (χ3v) is 4.91. The Bertz CT molecular complexity index is 856. The van der Waals surface area contributed by atoms with Gasteiger partial charge in [-0.05, 0) is 42.3 Å². The number of phenolic OH excluding ortho intramolecular Hbond substituents is 1. The van der Waals surface area contributed by atoms with Crippen molar-refractivity contribution in [1.29, 1.82) is 0 Å². The number of para-hydroxylation sites is 1. The molecule has 4 rings (SSSR count). The normalized spacial score (nSPS) is 17.9. The second kappa shape index (κ2) is 6.73. The molecule has 0 fully saturated rings. The largest absolute Gasteiger partial charge is 0.508 e. The molecule has 1 aromatic heterocycles. The van der Waals surface area contributed by atoms with Crippen LogP contribution in [0.4, 0.5) is 4.39 Å². The maximum atomic E-state index is 13.4. The predicted molar refractivity (Wildman–Crippen MR) is 95.8 cm³/mol. The first-order valence-corrected chi connectivity index (χ1v) is 8.64. The SMILES string of the molecule is Oc1ccccc1CN1CCCn2cccc2[C@@H]1c1ccc(F)cc1.